The van der Waals surface area contributed by atoms with E-state index in [1.807, 2.05) is 0 Å². The number of carbonyl (C=O) groups is 2. The van der Waals surface area contributed by atoms with Crippen LogP contribution in [-0.4, -0.2) is 128 Å². The van der Waals surface area contributed by atoms with E-state index in [0.29, 0.717) is 0 Å². The van der Waals surface area contributed by atoms with Gasteiger partial charge in [0.1, 0.15) is 61.9 Å². The molecule has 0 bridgehead atoms. The Hall–Kier alpha value is -1.72. The lowest BCUT2D eigenvalue weighted by Crippen LogP contribution is -2.61. The number of aliphatic hydroxyl groups is 8. The Morgan fingerprint density at radius 1 is 1.00 bits per heavy atom. The highest BCUT2D eigenvalue weighted by atomic mass is 16.7. The predicted octanol–water partition coefficient (Wildman–Crippen LogP) is -5.13. The van der Waals surface area contributed by atoms with Crippen molar-refractivity contribution in [2.24, 2.45) is 0 Å². The van der Waals surface area contributed by atoms with Crippen LogP contribution >= 0.6 is 0 Å². The fraction of sp³-hybridized carbons (Fsp3) is 0.765. The van der Waals surface area contributed by atoms with E-state index in [0.717, 1.165) is 6.26 Å². The number of hydrogen-bond donors (Lipinski definition) is 8. The van der Waals surface area contributed by atoms with Crippen LogP contribution in [-0.2, 0) is 28.5 Å². The molecule has 1 rings (SSSR count). The minimum Gasteiger partial charge on any atom is -0.462 e. The van der Waals surface area contributed by atoms with Crippen LogP contribution in [0.5, 0.6) is 0 Å². The molecule has 1 aliphatic heterocycles. The highest BCUT2D eigenvalue weighted by Crippen LogP contribution is 2.25. The molecule has 14 heteroatoms. The number of ether oxygens (including phenoxy) is 4. The van der Waals surface area contributed by atoms with Crippen LogP contribution in [0.15, 0.2) is 12.8 Å². The van der Waals surface area contributed by atoms with Crippen molar-refractivity contribution >= 4 is 11.9 Å². The highest BCUT2D eigenvalue weighted by Gasteiger charge is 2.47. The van der Waals surface area contributed by atoms with Gasteiger partial charge in [0.05, 0.1) is 19.5 Å². The molecule has 9 atom stereocenters. The molecule has 1 aliphatic rings. The van der Waals surface area contributed by atoms with Crippen LogP contribution in [0, 0.1) is 0 Å². The molecule has 14 nitrogen and oxygen atoms in total. The summed E-state index contributed by atoms with van der Waals surface area (Å²) in [5.74, 6) is -2.10. The van der Waals surface area contributed by atoms with Crippen molar-refractivity contribution < 1.29 is 69.4 Å². The van der Waals surface area contributed by atoms with E-state index in [1.165, 1.54) is 0 Å². The lowest BCUT2D eigenvalue weighted by atomic mass is 9.98. The quantitative estimate of drug-likeness (QED) is 0.0779. The number of esters is 2. The third-order valence-electron chi connectivity index (χ3n) is 4.36. The first-order valence-corrected chi connectivity index (χ1v) is 9.14. The lowest BCUT2D eigenvalue weighted by molar-refractivity contribution is -0.327. The van der Waals surface area contributed by atoms with Crippen LogP contribution in [0.2, 0.25) is 0 Å². The molecule has 1 fully saturated rings. The molecule has 0 unspecified atom stereocenters. The minimum absolute atomic E-state index is 0.779. The van der Waals surface area contributed by atoms with Gasteiger partial charge in [-0.25, -0.2) is 0 Å². The van der Waals surface area contributed by atoms with Crippen molar-refractivity contribution in [1.29, 1.82) is 0 Å². The van der Waals surface area contributed by atoms with Gasteiger partial charge in [-0.1, -0.05) is 6.58 Å². The Bertz CT molecular complexity index is 583. The van der Waals surface area contributed by atoms with Crippen molar-refractivity contribution in [2.45, 2.75) is 61.5 Å². The Kier molecular flexibility index (Phi) is 11.4. The molecule has 8 N–H and O–H groups in total. The molecule has 1 saturated heterocycles. The molecule has 0 aliphatic carbocycles. The van der Waals surface area contributed by atoms with Gasteiger partial charge in [0.25, 0.3) is 0 Å². The lowest BCUT2D eigenvalue weighted by Gasteiger charge is -2.42. The van der Waals surface area contributed by atoms with Gasteiger partial charge in [-0.15, -0.1) is 0 Å². The summed E-state index contributed by atoms with van der Waals surface area (Å²) in [5.41, 5.74) is 0. The van der Waals surface area contributed by atoms with E-state index in [9.17, 15) is 45.3 Å². The van der Waals surface area contributed by atoms with Gasteiger partial charge in [0.2, 0.25) is 0 Å². The Labute approximate surface area is 176 Å². The van der Waals surface area contributed by atoms with Gasteiger partial charge in [-0.3, -0.25) is 9.59 Å². The summed E-state index contributed by atoms with van der Waals surface area (Å²) < 4.78 is 19.3. The largest absolute Gasteiger partial charge is 0.462 e. The molecule has 0 aromatic heterocycles. The van der Waals surface area contributed by atoms with E-state index in [-0.39, 0.29) is 0 Å². The van der Waals surface area contributed by atoms with Crippen molar-refractivity contribution in [3.8, 4) is 0 Å². The van der Waals surface area contributed by atoms with Crippen molar-refractivity contribution in [3.63, 3.8) is 0 Å². The zero-order chi connectivity index (χ0) is 23.7. The second kappa shape index (κ2) is 13.0. The summed E-state index contributed by atoms with van der Waals surface area (Å²) >= 11 is 0. The zero-order valence-electron chi connectivity index (χ0n) is 16.3. The van der Waals surface area contributed by atoms with Gasteiger partial charge in [0.15, 0.2) is 6.29 Å². The molecule has 0 saturated carbocycles. The predicted molar refractivity (Wildman–Crippen MR) is 95.6 cm³/mol. The number of rotatable bonds is 12. The maximum atomic E-state index is 11.6. The molecular formula is C17H28O14. The molecule has 0 aromatic rings. The van der Waals surface area contributed by atoms with Crippen LogP contribution in [0.1, 0.15) is 6.42 Å². The summed E-state index contributed by atoms with van der Waals surface area (Å²) in [7, 11) is 0. The molecule has 1 heterocycles. The molecular weight excluding hydrogens is 428 g/mol. The van der Waals surface area contributed by atoms with E-state index in [2.05, 4.69) is 16.1 Å². The molecule has 0 amide bonds. The van der Waals surface area contributed by atoms with Crippen molar-refractivity contribution in [3.05, 3.63) is 12.8 Å². The Morgan fingerprint density at radius 3 is 2.19 bits per heavy atom. The smallest absolute Gasteiger partial charge is 0.321 e. The highest BCUT2D eigenvalue weighted by molar-refractivity contribution is 5.91. The maximum Gasteiger partial charge on any atom is 0.321 e. The molecule has 0 radical (unpaired) electrons. The van der Waals surface area contributed by atoms with Crippen molar-refractivity contribution in [2.75, 3.05) is 19.8 Å². The summed E-state index contributed by atoms with van der Waals surface area (Å²) in [4.78, 5) is 22.8. The zero-order valence-corrected chi connectivity index (χ0v) is 16.3. The number of hydrogen-bond acceptors (Lipinski definition) is 14. The first-order chi connectivity index (χ1) is 14.6. The van der Waals surface area contributed by atoms with E-state index in [1.54, 1.807) is 0 Å². The van der Waals surface area contributed by atoms with Crippen LogP contribution in [0.4, 0.5) is 0 Å². The van der Waals surface area contributed by atoms with Crippen LogP contribution in [0.25, 0.3) is 0 Å². The van der Waals surface area contributed by atoms with Crippen molar-refractivity contribution in [1.82, 2.24) is 0 Å². The normalized spacial score (nSPS) is 30.0. The first kappa shape index (κ1) is 27.3. The monoisotopic (exact) mass is 456 g/mol. The fourth-order valence-electron chi connectivity index (χ4n) is 2.64. The summed E-state index contributed by atoms with van der Waals surface area (Å²) in [6.07, 6.45) is -16.2. The van der Waals surface area contributed by atoms with E-state index >= 15 is 0 Å². The molecule has 0 aromatic carbocycles. The van der Waals surface area contributed by atoms with E-state index in [4.69, 9.17) is 14.6 Å². The first-order valence-electron chi connectivity index (χ1n) is 9.14. The topological polar surface area (TPSA) is 233 Å². The van der Waals surface area contributed by atoms with Gasteiger partial charge in [-0.2, -0.15) is 0 Å². The standard InChI is InChI=1S/C17H28O14/c1-2-28-10(22)3-11(23)29-6-8(21)16(12(24)7(20)4-18)31-17-15(27)14(26)13(25)9(5-19)30-17/h2,7-9,12-21,24-27H,1,3-6H2/t7-,8+,9+,12+,13+,14-,15+,16+,17+/m0/s1. The van der Waals surface area contributed by atoms with Gasteiger partial charge >= 0.3 is 11.9 Å². The number of aliphatic hydroxyl groups excluding tert-OH is 8. The Balaban J connectivity index is 2.88. The van der Waals surface area contributed by atoms with Gasteiger partial charge in [-0.05, 0) is 0 Å². The Morgan fingerprint density at radius 2 is 1.65 bits per heavy atom. The summed E-state index contributed by atoms with van der Waals surface area (Å²) in [5, 5.41) is 78.0. The third kappa shape index (κ3) is 7.73. The maximum absolute atomic E-state index is 11.6. The molecule has 0 spiro atoms. The SMILES string of the molecule is C=COC(=O)CC(=O)OC[C@@H](O)[C@@H](O[C@H]1O[C@H](CO)[C@@H](O)[C@H](O)[C@H]1O)[C@H](O)[C@@H](O)CO. The summed E-state index contributed by atoms with van der Waals surface area (Å²) in [6.45, 7) is 0.522. The fourth-order valence-corrected chi connectivity index (χ4v) is 2.64. The van der Waals surface area contributed by atoms with Crippen LogP contribution in [0.3, 0.4) is 0 Å². The minimum atomic E-state index is -2.00. The van der Waals surface area contributed by atoms with E-state index < -0.39 is 93.3 Å². The average molecular weight is 456 g/mol. The third-order valence-corrected chi connectivity index (χ3v) is 4.36. The number of carbonyl (C=O) groups excluding carboxylic acids is 2. The summed E-state index contributed by atoms with van der Waals surface area (Å²) in [6, 6.07) is 0. The second-order valence-corrected chi connectivity index (χ2v) is 6.62. The van der Waals surface area contributed by atoms with Gasteiger partial charge < -0.3 is 59.8 Å². The van der Waals surface area contributed by atoms with Gasteiger partial charge in [0, 0.05) is 0 Å². The molecule has 180 valence electrons. The van der Waals surface area contributed by atoms with Crippen LogP contribution < -0.4 is 0 Å². The second-order valence-electron chi connectivity index (χ2n) is 6.62. The average Bonchev–Trinajstić information content (AvgIpc) is 2.74. The molecule has 31 heavy (non-hydrogen) atoms.